The van der Waals surface area contributed by atoms with Crippen LogP contribution in [0.5, 0.6) is 0 Å². The van der Waals surface area contributed by atoms with Gasteiger partial charge in [-0.15, -0.1) is 0 Å². The van der Waals surface area contributed by atoms with E-state index in [1.807, 2.05) is 19.1 Å². The fourth-order valence-corrected chi connectivity index (χ4v) is 5.84. The van der Waals surface area contributed by atoms with Gasteiger partial charge in [0.1, 0.15) is 11.9 Å². The number of amides is 1. The van der Waals surface area contributed by atoms with Gasteiger partial charge in [-0.2, -0.15) is 4.31 Å². The van der Waals surface area contributed by atoms with Gasteiger partial charge < -0.3 is 5.32 Å². The standard InChI is InChI=1S/C20H23FN2O3S/c1-13-10-14(2)19(15(3)11-13)27(25,26)23-9-5-8-18(23)20(24)22-17-7-4-6-16(21)12-17/h4,6-7,10-12,18H,5,8-9H2,1-3H3,(H,22,24)/t18-/m0/s1. The number of rotatable bonds is 4. The number of benzene rings is 2. The van der Waals surface area contributed by atoms with Gasteiger partial charge >= 0.3 is 0 Å². The van der Waals surface area contributed by atoms with Crippen molar-refractivity contribution >= 4 is 21.6 Å². The predicted octanol–water partition coefficient (Wildman–Crippen LogP) is 3.54. The molecule has 1 aliphatic heterocycles. The van der Waals surface area contributed by atoms with Gasteiger partial charge in [-0.3, -0.25) is 4.79 Å². The van der Waals surface area contributed by atoms with Crippen molar-refractivity contribution in [3.8, 4) is 0 Å². The number of anilines is 1. The summed E-state index contributed by atoms with van der Waals surface area (Å²) in [6.07, 6.45) is 1.04. The van der Waals surface area contributed by atoms with E-state index in [4.69, 9.17) is 0 Å². The molecule has 1 heterocycles. The Morgan fingerprint density at radius 3 is 2.44 bits per heavy atom. The van der Waals surface area contributed by atoms with Gasteiger partial charge in [0.25, 0.3) is 0 Å². The molecule has 2 aromatic carbocycles. The lowest BCUT2D eigenvalue weighted by atomic mass is 10.1. The van der Waals surface area contributed by atoms with Gasteiger partial charge in [-0.25, -0.2) is 12.8 Å². The number of carbonyl (C=O) groups excluding carboxylic acids is 1. The van der Waals surface area contributed by atoms with Crippen molar-refractivity contribution in [2.24, 2.45) is 0 Å². The average molecular weight is 390 g/mol. The van der Waals surface area contributed by atoms with Crippen LogP contribution < -0.4 is 5.32 Å². The monoisotopic (exact) mass is 390 g/mol. The second kappa shape index (κ2) is 7.40. The Morgan fingerprint density at radius 1 is 1.15 bits per heavy atom. The Balaban J connectivity index is 1.90. The predicted molar refractivity (Wildman–Crippen MR) is 103 cm³/mol. The molecule has 1 N–H and O–H groups in total. The maximum atomic E-state index is 13.3. The Kier molecular flexibility index (Phi) is 5.35. The zero-order chi connectivity index (χ0) is 19.8. The van der Waals surface area contributed by atoms with Crippen LogP contribution in [-0.4, -0.2) is 31.2 Å². The summed E-state index contributed by atoms with van der Waals surface area (Å²) in [5.41, 5.74) is 2.64. The largest absolute Gasteiger partial charge is 0.325 e. The summed E-state index contributed by atoms with van der Waals surface area (Å²) in [6, 6.07) is 8.41. The molecular weight excluding hydrogens is 367 g/mol. The summed E-state index contributed by atoms with van der Waals surface area (Å²) in [5, 5.41) is 2.63. The third-order valence-corrected chi connectivity index (χ3v) is 6.98. The van der Waals surface area contributed by atoms with Crippen LogP contribution in [-0.2, 0) is 14.8 Å². The minimum absolute atomic E-state index is 0.263. The van der Waals surface area contributed by atoms with E-state index in [9.17, 15) is 17.6 Å². The Bertz CT molecular complexity index is 965. The van der Waals surface area contributed by atoms with E-state index in [-0.39, 0.29) is 11.4 Å². The second-order valence-electron chi connectivity index (χ2n) is 7.00. The first-order valence-corrected chi connectivity index (χ1v) is 10.3. The lowest BCUT2D eigenvalue weighted by molar-refractivity contribution is -0.119. The summed E-state index contributed by atoms with van der Waals surface area (Å²) in [5.74, 6) is -0.904. The summed E-state index contributed by atoms with van der Waals surface area (Å²) < 4.78 is 41.2. The highest BCUT2D eigenvalue weighted by Crippen LogP contribution is 2.31. The lowest BCUT2D eigenvalue weighted by Crippen LogP contribution is -2.43. The highest BCUT2D eigenvalue weighted by molar-refractivity contribution is 7.89. The van der Waals surface area contributed by atoms with Crippen LogP contribution in [0.4, 0.5) is 10.1 Å². The minimum atomic E-state index is -3.81. The first-order chi connectivity index (χ1) is 12.7. The molecule has 27 heavy (non-hydrogen) atoms. The van der Waals surface area contributed by atoms with Crippen molar-refractivity contribution in [1.82, 2.24) is 4.31 Å². The number of sulfonamides is 1. The molecule has 0 bridgehead atoms. The second-order valence-corrected chi connectivity index (χ2v) is 8.83. The average Bonchev–Trinajstić information content (AvgIpc) is 3.04. The molecule has 5 nitrogen and oxygen atoms in total. The number of hydrogen-bond donors (Lipinski definition) is 1. The molecule has 0 unspecified atom stereocenters. The molecule has 1 amide bonds. The molecule has 0 aromatic heterocycles. The fraction of sp³-hybridized carbons (Fsp3) is 0.350. The molecule has 0 radical (unpaired) electrons. The van der Waals surface area contributed by atoms with Crippen LogP contribution >= 0.6 is 0 Å². The highest BCUT2D eigenvalue weighted by atomic mass is 32.2. The highest BCUT2D eigenvalue weighted by Gasteiger charge is 2.40. The van der Waals surface area contributed by atoms with E-state index >= 15 is 0 Å². The zero-order valence-electron chi connectivity index (χ0n) is 15.6. The number of nitrogens with one attached hydrogen (secondary N) is 1. The molecule has 0 spiro atoms. The van der Waals surface area contributed by atoms with Crippen LogP contribution in [0.15, 0.2) is 41.3 Å². The van der Waals surface area contributed by atoms with Gasteiger partial charge in [-0.1, -0.05) is 23.8 Å². The van der Waals surface area contributed by atoms with Crippen LogP contribution in [0.25, 0.3) is 0 Å². The Labute approximate surface area is 159 Å². The normalized spacial score (nSPS) is 17.9. The molecular formula is C20H23FN2O3S. The van der Waals surface area contributed by atoms with Crippen LogP contribution in [0.3, 0.4) is 0 Å². The first-order valence-electron chi connectivity index (χ1n) is 8.86. The molecule has 1 fully saturated rings. The van der Waals surface area contributed by atoms with E-state index in [0.717, 1.165) is 5.56 Å². The van der Waals surface area contributed by atoms with E-state index < -0.39 is 27.8 Å². The topological polar surface area (TPSA) is 66.5 Å². The maximum absolute atomic E-state index is 13.3. The molecule has 144 valence electrons. The number of aryl methyl sites for hydroxylation is 3. The summed E-state index contributed by atoms with van der Waals surface area (Å²) in [6.45, 7) is 5.74. The van der Waals surface area contributed by atoms with E-state index in [1.54, 1.807) is 19.9 Å². The molecule has 2 aromatic rings. The van der Waals surface area contributed by atoms with Crippen molar-refractivity contribution in [2.45, 2.75) is 44.6 Å². The maximum Gasteiger partial charge on any atom is 0.244 e. The molecule has 1 aliphatic rings. The SMILES string of the molecule is Cc1cc(C)c(S(=O)(=O)N2CCC[C@H]2C(=O)Nc2cccc(F)c2)c(C)c1. The van der Waals surface area contributed by atoms with Gasteiger partial charge in [-0.05, 0) is 62.9 Å². The number of carbonyl (C=O) groups is 1. The molecule has 1 atom stereocenters. The first kappa shape index (κ1) is 19.5. The summed E-state index contributed by atoms with van der Waals surface area (Å²) in [4.78, 5) is 13.0. The van der Waals surface area contributed by atoms with E-state index in [2.05, 4.69) is 5.32 Å². The third-order valence-electron chi connectivity index (χ3n) is 4.77. The fourth-order valence-electron chi connectivity index (χ4n) is 3.77. The summed E-state index contributed by atoms with van der Waals surface area (Å²) in [7, 11) is -3.81. The van der Waals surface area contributed by atoms with Crippen molar-refractivity contribution in [2.75, 3.05) is 11.9 Å². The number of halogens is 1. The molecule has 0 saturated carbocycles. The lowest BCUT2D eigenvalue weighted by Gasteiger charge is -2.25. The van der Waals surface area contributed by atoms with Gasteiger partial charge in [0, 0.05) is 12.2 Å². The van der Waals surface area contributed by atoms with Crippen LogP contribution in [0.2, 0.25) is 0 Å². The molecule has 0 aliphatic carbocycles. The Morgan fingerprint density at radius 2 is 1.81 bits per heavy atom. The van der Waals surface area contributed by atoms with Crippen molar-refractivity contribution in [3.05, 3.63) is 58.9 Å². The zero-order valence-corrected chi connectivity index (χ0v) is 16.4. The summed E-state index contributed by atoms with van der Waals surface area (Å²) >= 11 is 0. The van der Waals surface area contributed by atoms with Crippen molar-refractivity contribution in [1.29, 1.82) is 0 Å². The van der Waals surface area contributed by atoms with Gasteiger partial charge in [0.2, 0.25) is 15.9 Å². The number of hydrogen-bond acceptors (Lipinski definition) is 3. The molecule has 3 rings (SSSR count). The number of nitrogens with zero attached hydrogens (tertiary/aromatic N) is 1. The van der Waals surface area contributed by atoms with E-state index in [1.165, 1.54) is 22.5 Å². The van der Waals surface area contributed by atoms with Gasteiger partial charge in [0.05, 0.1) is 4.90 Å². The molecule has 1 saturated heterocycles. The van der Waals surface area contributed by atoms with Crippen molar-refractivity contribution < 1.29 is 17.6 Å². The van der Waals surface area contributed by atoms with Crippen molar-refractivity contribution in [3.63, 3.8) is 0 Å². The molecule has 7 heteroatoms. The third kappa shape index (κ3) is 3.89. The Hall–Kier alpha value is -2.25. The quantitative estimate of drug-likeness (QED) is 0.868. The van der Waals surface area contributed by atoms with Gasteiger partial charge in [0.15, 0.2) is 0 Å². The minimum Gasteiger partial charge on any atom is -0.325 e. The van der Waals surface area contributed by atoms with Crippen LogP contribution in [0.1, 0.15) is 29.5 Å². The van der Waals surface area contributed by atoms with E-state index in [0.29, 0.717) is 29.7 Å². The smallest absolute Gasteiger partial charge is 0.244 e. The van der Waals surface area contributed by atoms with Crippen LogP contribution in [0, 0.1) is 26.6 Å².